The SMILES string of the molecule is Clc1ccc([C@H]2CNCCN2)nc1. The summed E-state index contributed by atoms with van der Waals surface area (Å²) in [6, 6.07) is 4.17. The second-order valence-corrected chi connectivity index (χ2v) is 3.55. The smallest absolute Gasteiger partial charge is 0.0622 e. The molecule has 1 atom stereocenters. The topological polar surface area (TPSA) is 37.0 Å². The minimum Gasteiger partial charge on any atom is -0.314 e. The molecule has 0 radical (unpaired) electrons. The zero-order chi connectivity index (χ0) is 9.10. The van der Waals surface area contributed by atoms with Crippen LogP contribution >= 0.6 is 11.6 Å². The van der Waals surface area contributed by atoms with Crippen LogP contribution in [-0.2, 0) is 0 Å². The maximum atomic E-state index is 5.75. The Bertz CT molecular complexity index is 267. The van der Waals surface area contributed by atoms with Gasteiger partial charge in [-0.05, 0) is 12.1 Å². The molecule has 2 N–H and O–H groups in total. The van der Waals surface area contributed by atoms with Crippen molar-refractivity contribution in [3.63, 3.8) is 0 Å². The van der Waals surface area contributed by atoms with Crippen molar-refractivity contribution in [1.29, 1.82) is 0 Å². The molecule has 0 amide bonds. The first-order valence-electron chi connectivity index (χ1n) is 4.42. The highest BCUT2D eigenvalue weighted by Gasteiger charge is 2.14. The van der Waals surface area contributed by atoms with E-state index in [0.29, 0.717) is 11.1 Å². The van der Waals surface area contributed by atoms with Crippen LogP contribution in [0.4, 0.5) is 0 Å². The summed E-state index contributed by atoms with van der Waals surface area (Å²) < 4.78 is 0. The molecule has 0 bridgehead atoms. The molecule has 1 aliphatic rings. The first-order valence-corrected chi connectivity index (χ1v) is 4.79. The van der Waals surface area contributed by atoms with Gasteiger partial charge in [0.25, 0.3) is 0 Å². The third-order valence-corrected chi connectivity index (χ3v) is 2.37. The fourth-order valence-corrected chi connectivity index (χ4v) is 1.57. The predicted molar refractivity (Wildman–Crippen MR) is 52.9 cm³/mol. The largest absolute Gasteiger partial charge is 0.314 e. The van der Waals surface area contributed by atoms with Crippen LogP contribution in [0.15, 0.2) is 18.3 Å². The van der Waals surface area contributed by atoms with Crippen LogP contribution < -0.4 is 10.6 Å². The number of nitrogens with one attached hydrogen (secondary N) is 2. The molecule has 1 saturated heterocycles. The van der Waals surface area contributed by atoms with Crippen LogP contribution in [0.3, 0.4) is 0 Å². The van der Waals surface area contributed by atoms with E-state index < -0.39 is 0 Å². The van der Waals surface area contributed by atoms with E-state index >= 15 is 0 Å². The monoisotopic (exact) mass is 197 g/mol. The second-order valence-electron chi connectivity index (χ2n) is 3.11. The van der Waals surface area contributed by atoms with E-state index in [1.807, 2.05) is 12.1 Å². The molecule has 0 saturated carbocycles. The minimum absolute atomic E-state index is 0.325. The third-order valence-electron chi connectivity index (χ3n) is 2.15. The van der Waals surface area contributed by atoms with Gasteiger partial charge in [-0.3, -0.25) is 4.98 Å². The number of nitrogens with zero attached hydrogens (tertiary/aromatic N) is 1. The van der Waals surface area contributed by atoms with Crippen LogP contribution in [0.25, 0.3) is 0 Å². The molecule has 1 aliphatic heterocycles. The lowest BCUT2D eigenvalue weighted by atomic mass is 10.1. The van der Waals surface area contributed by atoms with E-state index in [0.717, 1.165) is 25.3 Å². The third kappa shape index (κ3) is 2.18. The standard InChI is InChI=1S/C9H12ClN3/c10-7-1-2-8(13-5-7)9-6-11-3-4-12-9/h1-2,5,9,11-12H,3-4,6H2/t9-/m1/s1. The Hall–Kier alpha value is -0.640. The van der Waals surface area contributed by atoms with Gasteiger partial charge in [0.15, 0.2) is 0 Å². The lowest BCUT2D eigenvalue weighted by molar-refractivity contribution is 0.423. The number of hydrogen-bond acceptors (Lipinski definition) is 3. The number of hydrogen-bond donors (Lipinski definition) is 2. The fraction of sp³-hybridized carbons (Fsp3) is 0.444. The van der Waals surface area contributed by atoms with Crippen molar-refractivity contribution < 1.29 is 0 Å². The van der Waals surface area contributed by atoms with Crippen LogP contribution in [0.2, 0.25) is 5.02 Å². The van der Waals surface area contributed by atoms with E-state index in [2.05, 4.69) is 15.6 Å². The molecule has 0 spiro atoms. The van der Waals surface area contributed by atoms with E-state index in [1.54, 1.807) is 6.20 Å². The molecule has 1 aromatic rings. The normalized spacial score (nSPS) is 23.0. The van der Waals surface area contributed by atoms with Crippen molar-refractivity contribution in [2.75, 3.05) is 19.6 Å². The van der Waals surface area contributed by atoms with E-state index in [-0.39, 0.29) is 0 Å². The van der Waals surface area contributed by atoms with Gasteiger partial charge in [0.05, 0.1) is 16.8 Å². The van der Waals surface area contributed by atoms with Gasteiger partial charge >= 0.3 is 0 Å². The van der Waals surface area contributed by atoms with Crippen molar-refractivity contribution in [2.45, 2.75) is 6.04 Å². The Morgan fingerprint density at radius 2 is 2.31 bits per heavy atom. The number of piperazine rings is 1. The van der Waals surface area contributed by atoms with Crippen LogP contribution in [0.1, 0.15) is 11.7 Å². The van der Waals surface area contributed by atoms with Crippen LogP contribution in [0.5, 0.6) is 0 Å². The summed E-state index contributed by atoms with van der Waals surface area (Å²) in [7, 11) is 0. The van der Waals surface area contributed by atoms with Crippen molar-refractivity contribution >= 4 is 11.6 Å². The first-order chi connectivity index (χ1) is 6.36. The van der Waals surface area contributed by atoms with Gasteiger partial charge < -0.3 is 10.6 Å². The highest BCUT2D eigenvalue weighted by molar-refractivity contribution is 6.30. The van der Waals surface area contributed by atoms with E-state index in [4.69, 9.17) is 11.6 Å². The summed E-state index contributed by atoms with van der Waals surface area (Å²) in [5.41, 5.74) is 1.05. The molecule has 0 aliphatic carbocycles. The molecule has 0 unspecified atom stereocenters. The summed E-state index contributed by atoms with van der Waals surface area (Å²) in [4.78, 5) is 4.27. The summed E-state index contributed by atoms with van der Waals surface area (Å²) in [6.07, 6.45) is 1.69. The molecule has 3 nitrogen and oxygen atoms in total. The van der Waals surface area contributed by atoms with Gasteiger partial charge in [0, 0.05) is 25.8 Å². The molecule has 1 aromatic heterocycles. The zero-order valence-corrected chi connectivity index (χ0v) is 8.01. The highest BCUT2D eigenvalue weighted by Crippen LogP contribution is 2.13. The molecule has 13 heavy (non-hydrogen) atoms. The summed E-state index contributed by atoms with van der Waals surface area (Å²) in [5, 5.41) is 7.39. The number of aromatic nitrogens is 1. The maximum Gasteiger partial charge on any atom is 0.0622 e. The lowest BCUT2D eigenvalue weighted by Crippen LogP contribution is -2.42. The Kier molecular flexibility index (Phi) is 2.78. The average Bonchev–Trinajstić information content (AvgIpc) is 2.20. The zero-order valence-electron chi connectivity index (χ0n) is 7.26. The van der Waals surface area contributed by atoms with Gasteiger partial charge in [-0.1, -0.05) is 11.6 Å². The van der Waals surface area contributed by atoms with Gasteiger partial charge in [-0.15, -0.1) is 0 Å². The van der Waals surface area contributed by atoms with Gasteiger partial charge in [0.2, 0.25) is 0 Å². The number of rotatable bonds is 1. The Balaban J connectivity index is 2.10. The van der Waals surface area contributed by atoms with Crippen molar-refractivity contribution in [3.8, 4) is 0 Å². The Labute approximate surface area is 82.5 Å². The Morgan fingerprint density at radius 1 is 1.38 bits per heavy atom. The van der Waals surface area contributed by atoms with Crippen molar-refractivity contribution in [2.24, 2.45) is 0 Å². The Morgan fingerprint density at radius 3 is 2.92 bits per heavy atom. The molecule has 1 fully saturated rings. The van der Waals surface area contributed by atoms with Gasteiger partial charge in [-0.2, -0.15) is 0 Å². The molecular weight excluding hydrogens is 186 g/mol. The van der Waals surface area contributed by atoms with Crippen LogP contribution in [-0.4, -0.2) is 24.6 Å². The van der Waals surface area contributed by atoms with Crippen molar-refractivity contribution in [3.05, 3.63) is 29.0 Å². The van der Waals surface area contributed by atoms with E-state index in [1.165, 1.54) is 0 Å². The van der Waals surface area contributed by atoms with Crippen molar-refractivity contribution in [1.82, 2.24) is 15.6 Å². The first kappa shape index (κ1) is 8.94. The minimum atomic E-state index is 0.325. The molecule has 70 valence electrons. The van der Waals surface area contributed by atoms with Gasteiger partial charge in [0.1, 0.15) is 0 Å². The second kappa shape index (κ2) is 4.05. The number of halogens is 1. The highest BCUT2D eigenvalue weighted by atomic mass is 35.5. The summed E-state index contributed by atoms with van der Waals surface area (Å²) >= 11 is 5.75. The quantitative estimate of drug-likeness (QED) is 0.705. The summed E-state index contributed by atoms with van der Waals surface area (Å²) in [6.45, 7) is 2.97. The predicted octanol–water partition coefficient (Wildman–Crippen LogP) is 0.969. The molecule has 4 heteroatoms. The summed E-state index contributed by atoms with van der Waals surface area (Å²) in [5.74, 6) is 0. The fourth-order valence-electron chi connectivity index (χ4n) is 1.46. The average molecular weight is 198 g/mol. The molecule has 2 rings (SSSR count). The molecule has 0 aromatic carbocycles. The molecule has 2 heterocycles. The maximum absolute atomic E-state index is 5.75. The lowest BCUT2D eigenvalue weighted by Gasteiger charge is -2.23. The number of pyridine rings is 1. The van der Waals surface area contributed by atoms with Crippen LogP contribution in [0, 0.1) is 0 Å². The van der Waals surface area contributed by atoms with Gasteiger partial charge in [-0.25, -0.2) is 0 Å². The molecular formula is C9H12ClN3. The van der Waals surface area contributed by atoms with E-state index in [9.17, 15) is 0 Å².